The maximum absolute atomic E-state index is 14.0. The first-order chi connectivity index (χ1) is 20.5. The van der Waals surface area contributed by atoms with Crippen molar-refractivity contribution in [2.75, 3.05) is 25.6 Å². The van der Waals surface area contributed by atoms with Crippen molar-refractivity contribution in [3.63, 3.8) is 0 Å². The molecule has 1 aliphatic heterocycles. The van der Waals surface area contributed by atoms with Crippen LogP contribution < -0.4 is 16.0 Å². The third-order valence-corrected chi connectivity index (χ3v) is 8.28. The number of para-hydroxylation sites is 1. The summed E-state index contributed by atoms with van der Waals surface area (Å²) in [5.41, 5.74) is 4.55. The Morgan fingerprint density at radius 3 is 2.29 bits per heavy atom. The summed E-state index contributed by atoms with van der Waals surface area (Å²) in [5, 5.41) is 12.6. The number of nitrogens with zero attached hydrogens (tertiary/aromatic N) is 1. The Kier molecular flexibility index (Phi) is 9.97. The lowest BCUT2D eigenvalue weighted by atomic mass is 9.84. The molecule has 0 bridgehead atoms. The molecule has 2 amide bonds. The van der Waals surface area contributed by atoms with Crippen LogP contribution >= 0.6 is 11.3 Å². The Labute approximate surface area is 250 Å². The van der Waals surface area contributed by atoms with E-state index in [-0.39, 0.29) is 18.1 Å². The maximum Gasteiger partial charge on any atom is 0.407 e. The summed E-state index contributed by atoms with van der Waals surface area (Å²) in [6, 6.07) is 26.4. The van der Waals surface area contributed by atoms with Gasteiger partial charge in [0.05, 0.1) is 36.6 Å². The van der Waals surface area contributed by atoms with E-state index >= 15 is 0 Å². The van der Waals surface area contributed by atoms with Gasteiger partial charge in [-0.3, -0.25) is 4.79 Å². The van der Waals surface area contributed by atoms with Crippen molar-refractivity contribution in [2.24, 2.45) is 0 Å². The highest BCUT2D eigenvalue weighted by Crippen LogP contribution is 2.30. The van der Waals surface area contributed by atoms with E-state index in [4.69, 9.17) is 9.47 Å². The molecule has 9 heteroatoms. The molecule has 4 aromatic rings. The molecule has 3 N–H and O–H groups in total. The molecule has 3 aromatic carbocycles. The predicted octanol–water partition coefficient (Wildman–Crippen LogP) is 5.61. The number of methoxy groups -OCH3 is 1. The summed E-state index contributed by atoms with van der Waals surface area (Å²) in [4.78, 5) is 31.0. The van der Waals surface area contributed by atoms with E-state index < -0.39 is 18.1 Å². The van der Waals surface area contributed by atoms with E-state index in [2.05, 4.69) is 26.3 Å². The molecule has 0 saturated carbocycles. The second-order valence-electron chi connectivity index (χ2n) is 10.3. The quantitative estimate of drug-likeness (QED) is 0.224. The zero-order valence-electron chi connectivity index (χ0n) is 23.8. The van der Waals surface area contributed by atoms with Gasteiger partial charge in [0.25, 0.3) is 0 Å². The van der Waals surface area contributed by atoms with Gasteiger partial charge in [0.2, 0.25) is 5.91 Å². The molecular formula is C33H36N4O4S. The number of thiazole rings is 1. The fourth-order valence-corrected chi connectivity index (χ4v) is 5.98. The number of nitrogens with one attached hydrogen (secondary N) is 3. The summed E-state index contributed by atoms with van der Waals surface area (Å²) in [5.74, 6) is -0.766. The molecule has 1 saturated heterocycles. The first-order valence-corrected chi connectivity index (χ1v) is 15.0. The molecule has 218 valence electrons. The molecule has 0 unspecified atom stereocenters. The number of ether oxygens (including phenoxy) is 2. The number of aromatic nitrogens is 1. The van der Waals surface area contributed by atoms with E-state index in [0.717, 1.165) is 46.8 Å². The van der Waals surface area contributed by atoms with E-state index in [1.807, 2.05) is 91.9 Å². The van der Waals surface area contributed by atoms with Crippen LogP contribution in [0.2, 0.25) is 0 Å². The molecule has 0 spiro atoms. The molecule has 42 heavy (non-hydrogen) atoms. The van der Waals surface area contributed by atoms with Crippen LogP contribution in [0.5, 0.6) is 0 Å². The number of anilines is 1. The molecule has 1 aliphatic rings. The highest BCUT2D eigenvalue weighted by molar-refractivity contribution is 7.09. The van der Waals surface area contributed by atoms with Crippen molar-refractivity contribution >= 4 is 29.0 Å². The summed E-state index contributed by atoms with van der Waals surface area (Å²) in [6.07, 6.45) is 0.898. The van der Waals surface area contributed by atoms with Crippen LogP contribution in [0.15, 0.2) is 90.3 Å². The first kappa shape index (κ1) is 29.4. The van der Waals surface area contributed by atoms with Gasteiger partial charge in [-0.25, -0.2) is 9.78 Å². The molecule has 0 aliphatic carbocycles. The molecule has 1 aromatic heterocycles. The lowest BCUT2D eigenvalue weighted by molar-refractivity contribution is -0.118. The third kappa shape index (κ3) is 7.42. The van der Waals surface area contributed by atoms with Crippen molar-refractivity contribution < 1.29 is 19.1 Å². The zero-order valence-corrected chi connectivity index (χ0v) is 24.6. The number of carbonyl (C=O) groups is 2. The van der Waals surface area contributed by atoms with Gasteiger partial charge in [-0.1, -0.05) is 78.9 Å². The summed E-state index contributed by atoms with van der Waals surface area (Å²) >= 11 is 1.65. The van der Waals surface area contributed by atoms with Crippen molar-refractivity contribution in [1.29, 1.82) is 0 Å². The van der Waals surface area contributed by atoms with Crippen LogP contribution in [-0.2, 0) is 20.7 Å². The highest BCUT2D eigenvalue weighted by atomic mass is 32.1. The van der Waals surface area contributed by atoms with Gasteiger partial charge in [0, 0.05) is 23.5 Å². The normalized spacial score (nSPS) is 17.4. The molecular weight excluding hydrogens is 548 g/mol. The highest BCUT2D eigenvalue weighted by Gasteiger charge is 2.33. The van der Waals surface area contributed by atoms with E-state index in [1.165, 1.54) is 7.11 Å². The van der Waals surface area contributed by atoms with Crippen molar-refractivity contribution in [3.05, 3.63) is 118 Å². The number of carbonyl (C=O) groups excluding carboxylic acids is 2. The number of morpholine rings is 1. The minimum atomic E-state index is -0.924. The fourth-order valence-electron chi connectivity index (χ4n) is 5.31. The number of rotatable bonds is 10. The average Bonchev–Trinajstić information content (AvgIpc) is 3.47. The van der Waals surface area contributed by atoms with Crippen LogP contribution in [0.4, 0.5) is 10.5 Å². The van der Waals surface area contributed by atoms with E-state index in [1.54, 1.807) is 11.3 Å². The summed E-state index contributed by atoms with van der Waals surface area (Å²) in [7, 11) is 1.29. The minimum Gasteiger partial charge on any atom is -0.453 e. The zero-order chi connectivity index (χ0) is 29.3. The van der Waals surface area contributed by atoms with Crippen LogP contribution in [0.1, 0.15) is 45.8 Å². The SMILES string of the molecule is COC(=O)N[C@H](C(=O)Nc1ccccc1CC[C@@H]1CN[C@H](c2csc(C)n2)CO1)C(c1ccccc1)c1ccccc1. The van der Waals surface area contributed by atoms with Gasteiger partial charge in [0.1, 0.15) is 6.04 Å². The summed E-state index contributed by atoms with van der Waals surface area (Å²) in [6.45, 7) is 3.32. The third-order valence-electron chi connectivity index (χ3n) is 7.49. The number of aryl methyl sites for hydroxylation is 2. The molecule has 3 atom stereocenters. The number of hydrogen-bond donors (Lipinski definition) is 3. The van der Waals surface area contributed by atoms with E-state index in [9.17, 15) is 9.59 Å². The first-order valence-electron chi connectivity index (χ1n) is 14.1. The van der Waals surface area contributed by atoms with Crippen molar-refractivity contribution in [2.45, 2.75) is 43.9 Å². The smallest absolute Gasteiger partial charge is 0.407 e. The Morgan fingerprint density at radius 2 is 1.69 bits per heavy atom. The van der Waals surface area contributed by atoms with Gasteiger partial charge >= 0.3 is 6.09 Å². The largest absolute Gasteiger partial charge is 0.453 e. The van der Waals surface area contributed by atoms with Crippen LogP contribution in [0.25, 0.3) is 0 Å². The van der Waals surface area contributed by atoms with Gasteiger partial charge in [0.15, 0.2) is 0 Å². The number of amides is 2. The number of alkyl carbamates (subject to hydrolysis) is 1. The standard InChI is InChI=1S/C33H36N4O4S/c1-22-35-29(21-42-22)28-20-41-26(19-34-28)18-17-23-11-9-10-16-27(23)36-32(38)31(37-33(39)40-2)30(24-12-5-3-6-13-24)25-14-7-4-8-15-25/h3-16,21,26,28,30-31,34H,17-20H2,1-2H3,(H,36,38)(H,37,39)/t26-,28+,31+/m1/s1. The number of benzene rings is 3. The maximum atomic E-state index is 14.0. The van der Waals surface area contributed by atoms with E-state index in [0.29, 0.717) is 12.3 Å². The summed E-state index contributed by atoms with van der Waals surface area (Å²) < 4.78 is 11.1. The van der Waals surface area contributed by atoms with Gasteiger partial charge in [-0.2, -0.15) is 0 Å². The monoisotopic (exact) mass is 584 g/mol. The molecule has 2 heterocycles. The Bertz CT molecular complexity index is 1420. The molecule has 1 fully saturated rings. The van der Waals surface area contributed by atoms with Crippen LogP contribution in [0.3, 0.4) is 0 Å². The Hall–Kier alpha value is -4.05. The topological polar surface area (TPSA) is 102 Å². The van der Waals surface area contributed by atoms with Gasteiger partial charge in [-0.15, -0.1) is 11.3 Å². The van der Waals surface area contributed by atoms with Gasteiger partial charge < -0.3 is 25.4 Å². The second-order valence-corrected chi connectivity index (χ2v) is 11.4. The number of hydrogen-bond acceptors (Lipinski definition) is 7. The van der Waals surface area contributed by atoms with Gasteiger partial charge in [-0.05, 0) is 42.5 Å². The van der Waals surface area contributed by atoms with Crippen molar-refractivity contribution in [3.8, 4) is 0 Å². The lowest BCUT2D eigenvalue weighted by Gasteiger charge is -2.30. The Morgan fingerprint density at radius 1 is 1.02 bits per heavy atom. The molecule has 8 nitrogen and oxygen atoms in total. The molecule has 0 radical (unpaired) electrons. The fraction of sp³-hybridized carbons (Fsp3) is 0.303. The second kappa shape index (κ2) is 14.2. The average molecular weight is 585 g/mol. The Balaban J connectivity index is 1.30. The van der Waals surface area contributed by atoms with Crippen LogP contribution in [0, 0.1) is 6.92 Å². The predicted molar refractivity (Wildman–Crippen MR) is 165 cm³/mol. The minimum absolute atomic E-state index is 0.0546. The van der Waals surface area contributed by atoms with Crippen LogP contribution in [-0.4, -0.2) is 49.4 Å². The van der Waals surface area contributed by atoms with Crippen molar-refractivity contribution in [1.82, 2.24) is 15.6 Å². The lowest BCUT2D eigenvalue weighted by Crippen LogP contribution is -2.48. The molecule has 5 rings (SSSR count).